The van der Waals surface area contributed by atoms with Gasteiger partial charge in [0, 0.05) is 13.6 Å². The highest BCUT2D eigenvalue weighted by Gasteiger charge is 2.61. The maximum atomic E-state index is 13.8. The minimum atomic E-state index is -4.63. The molecule has 2 aromatic carbocycles. The topological polar surface area (TPSA) is 106 Å². The van der Waals surface area contributed by atoms with Gasteiger partial charge in [-0.3, -0.25) is 0 Å². The van der Waals surface area contributed by atoms with Crippen LogP contribution in [-0.2, 0) is 20.4 Å². The number of methoxy groups -OCH3 is 1. The van der Waals surface area contributed by atoms with E-state index in [1.54, 1.807) is 59.0 Å². The zero-order valence-electron chi connectivity index (χ0n) is 25.2. The van der Waals surface area contributed by atoms with Crippen LogP contribution in [0.15, 0.2) is 59.8 Å². The number of esters is 1. The van der Waals surface area contributed by atoms with Crippen LogP contribution in [0.1, 0.15) is 56.8 Å². The summed E-state index contributed by atoms with van der Waals surface area (Å²) in [5, 5.41) is 9.26. The van der Waals surface area contributed by atoms with Gasteiger partial charge in [-0.25, -0.2) is 19.0 Å². The largest absolute Gasteiger partial charge is 0.465 e. The molecule has 2 aromatic rings. The Morgan fingerprint density at radius 1 is 1.11 bits per heavy atom. The zero-order valence-corrected chi connectivity index (χ0v) is 25.2. The Hall–Kier alpha value is -4.86. The van der Waals surface area contributed by atoms with Crippen molar-refractivity contribution in [2.75, 3.05) is 27.2 Å². The molecular formula is C31H33F3N5O5+. The number of fused-ring (bicyclic) bond motifs is 1. The van der Waals surface area contributed by atoms with Gasteiger partial charge in [0.25, 0.3) is 0 Å². The van der Waals surface area contributed by atoms with E-state index in [0.717, 1.165) is 12.1 Å². The summed E-state index contributed by atoms with van der Waals surface area (Å²) < 4.78 is 53.0. The van der Waals surface area contributed by atoms with Gasteiger partial charge in [-0.05, 0) is 70.0 Å². The van der Waals surface area contributed by atoms with Gasteiger partial charge in [0.15, 0.2) is 0 Å². The van der Waals surface area contributed by atoms with Gasteiger partial charge in [-0.2, -0.15) is 28.2 Å². The van der Waals surface area contributed by atoms with E-state index in [0.29, 0.717) is 17.5 Å². The fourth-order valence-corrected chi connectivity index (χ4v) is 5.09. The number of nitriles is 1. The highest BCUT2D eigenvalue weighted by atomic mass is 19.4. The van der Waals surface area contributed by atoms with E-state index in [9.17, 15) is 32.8 Å². The number of carbonyl (C=O) groups is 3. The molecule has 0 aliphatic carbocycles. The molecule has 1 saturated heterocycles. The number of urea groups is 1. The van der Waals surface area contributed by atoms with Gasteiger partial charge >= 0.3 is 30.2 Å². The average Bonchev–Trinajstić information content (AvgIpc) is 2.96. The fourth-order valence-electron chi connectivity index (χ4n) is 5.09. The van der Waals surface area contributed by atoms with Gasteiger partial charge in [-0.15, -0.1) is 0 Å². The Labute approximate surface area is 253 Å². The molecular weight excluding hydrogens is 579 g/mol. The zero-order chi connectivity index (χ0) is 32.6. The lowest BCUT2D eigenvalue weighted by atomic mass is 9.91. The lowest BCUT2D eigenvalue weighted by Crippen LogP contribution is -2.70. The monoisotopic (exact) mass is 612 g/mol. The number of hydrogen-bond acceptors (Lipinski definition) is 6. The lowest BCUT2D eigenvalue weighted by molar-refractivity contribution is -0.406. The molecule has 232 valence electrons. The Kier molecular flexibility index (Phi) is 8.76. The summed E-state index contributed by atoms with van der Waals surface area (Å²) in [4.78, 5) is 43.5. The first-order valence-electron chi connectivity index (χ1n) is 13.8. The standard InChI is InChI=1S/C31H33F3N5O5/c1-19-24(26(40)43-6)25(21-13-11-20(18-35)12-14-21)39-27(38(19)23-10-7-9-22(17-23)31(32,33)34)37(28(39)41)16-8-15-36(5)29(42)44-30(2,3)4/h7,9-14,17,25H,8,15-16H2,1-6H3/q+1. The Morgan fingerprint density at radius 3 is 2.34 bits per heavy atom. The number of carbonyl (C=O) groups excluding carboxylic acids is 3. The van der Waals surface area contributed by atoms with E-state index in [1.165, 1.54) is 38.5 Å². The summed E-state index contributed by atoms with van der Waals surface area (Å²) in [6, 6.07) is 11.5. The second-order valence-corrected chi connectivity index (χ2v) is 11.4. The summed E-state index contributed by atoms with van der Waals surface area (Å²) >= 11 is 0. The third-order valence-corrected chi connectivity index (χ3v) is 7.12. The highest BCUT2D eigenvalue weighted by Crippen LogP contribution is 2.43. The van der Waals surface area contributed by atoms with Gasteiger partial charge in [0.2, 0.25) is 0 Å². The van der Waals surface area contributed by atoms with Crippen LogP contribution in [0.5, 0.6) is 0 Å². The molecule has 1 atom stereocenters. The molecule has 2 heterocycles. The molecule has 13 heteroatoms. The van der Waals surface area contributed by atoms with Crippen LogP contribution in [0.25, 0.3) is 0 Å². The average molecular weight is 613 g/mol. The van der Waals surface area contributed by atoms with Crippen molar-refractivity contribution in [1.29, 1.82) is 5.26 Å². The Bertz CT molecular complexity index is 1590. The van der Waals surface area contributed by atoms with Crippen molar-refractivity contribution in [1.82, 2.24) is 14.7 Å². The molecule has 44 heavy (non-hydrogen) atoms. The van der Waals surface area contributed by atoms with Crippen molar-refractivity contribution >= 4 is 29.7 Å². The van der Waals surface area contributed by atoms with Gasteiger partial charge in [-0.1, -0.05) is 18.2 Å². The van der Waals surface area contributed by atoms with Crippen LogP contribution in [0, 0.1) is 11.3 Å². The summed E-state index contributed by atoms with van der Waals surface area (Å²) in [6.07, 6.45) is -4.85. The SMILES string of the molecule is COC(=O)C1=C(C)[N+](c2cccc(C(F)(F)F)c2)=C2N(CCCN(C)C(=O)OC(C)(C)C)C(=O)N2C1c1ccc(C#N)cc1. The first-order chi connectivity index (χ1) is 20.6. The number of guanidine groups is 1. The second kappa shape index (κ2) is 12.0. The van der Waals surface area contributed by atoms with Crippen LogP contribution in [-0.4, -0.2) is 76.2 Å². The van der Waals surface area contributed by atoms with Crippen molar-refractivity contribution in [3.05, 3.63) is 76.5 Å². The molecule has 10 nitrogen and oxygen atoms in total. The predicted molar refractivity (Wildman–Crippen MR) is 152 cm³/mol. The summed E-state index contributed by atoms with van der Waals surface area (Å²) in [6.45, 7) is 7.17. The van der Waals surface area contributed by atoms with E-state index in [2.05, 4.69) is 0 Å². The van der Waals surface area contributed by atoms with Gasteiger partial charge in [0.05, 0.1) is 36.5 Å². The molecule has 3 amide bonds. The molecule has 1 unspecified atom stereocenters. The van der Waals surface area contributed by atoms with E-state index >= 15 is 0 Å². The molecule has 4 rings (SSSR count). The lowest BCUT2D eigenvalue weighted by Gasteiger charge is -2.43. The molecule has 1 fully saturated rings. The maximum Gasteiger partial charge on any atom is 0.451 e. The molecule has 0 radical (unpaired) electrons. The third-order valence-electron chi connectivity index (χ3n) is 7.12. The third kappa shape index (κ3) is 6.24. The number of alkyl halides is 3. The van der Waals surface area contributed by atoms with E-state index in [1.807, 2.05) is 6.07 Å². The quantitative estimate of drug-likeness (QED) is 0.290. The molecule has 2 aliphatic heterocycles. The summed E-state index contributed by atoms with van der Waals surface area (Å²) in [5.74, 6) is -0.521. The van der Waals surface area contributed by atoms with Crippen molar-refractivity contribution in [2.24, 2.45) is 0 Å². The van der Waals surface area contributed by atoms with Crippen LogP contribution >= 0.6 is 0 Å². The first kappa shape index (κ1) is 32.1. The summed E-state index contributed by atoms with van der Waals surface area (Å²) in [5.41, 5.74) is -0.325. The number of benzene rings is 2. The molecule has 0 N–H and O–H groups in total. The fraction of sp³-hybridized carbons (Fsp3) is 0.387. The Morgan fingerprint density at radius 2 is 1.77 bits per heavy atom. The van der Waals surface area contributed by atoms with Crippen LogP contribution in [0.3, 0.4) is 0 Å². The van der Waals surface area contributed by atoms with Crippen molar-refractivity contribution < 1.29 is 41.6 Å². The second-order valence-electron chi connectivity index (χ2n) is 11.4. The smallest absolute Gasteiger partial charge is 0.451 e. The van der Waals surface area contributed by atoms with E-state index < -0.39 is 41.5 Å². The number of amides is 3. The molecule has 2 aliphatic rings. The number of hydrogen-bond donors (Lipinski definition) is 0. The minimum absolute atomic E-state index is 0.0519. The van der Waals surface area contributed by atoms with E-state index in [-0.39, 0.29) is 36.0 Å². The normalized spacial score (nSPS) is 16.7. The van der Waals surface area contributed by atoms with Crippen molar-refractivity contribution in [3.63, 3.8) is 0 Å². The maximum absolute atomic E-state index is 13.8. The van der Waals surface area contributed by atoms with Gasteiger partial charge in [0.1, 0.15) is 22.9 Å². The highest BCUT2D eigenvalue weighted by molar-refractivity contribution is 6.14. The predicted octanol–water partition coefficient (Wildman–Crippen LogP) is 5.77. The van der Waals surface area contributed by atoms with Crippen LogP contribution in [0.2, 0.25) is 0 Å². The molecule has 0 spiro atoms. The Balaban J connectivity index is 1.81. The molecule has 0 aromatic heterocycles. The van der Waals surface area contributed by atoms with Crippen molar-refractivity contribution in [2.45, 2.75) is 51.9 Å². The number of halogens is 3. The minimum Gasteiger partial charge on any atom is -0.465 e. The molecule has 0 saturated carbocycles. The number of allylic oxidation sites excluding steroid dienone is 1. The van der Waals surface area contributed by atoms with E-state index in [4.69, 9.17) is 9.47 Å². The number of nitrogens with zero attached hydrogens (tertiary/aromatic N) is 5. The molecule has 0 bridgehead atoms. The van der Waals surface area contributed by atoms with Crippen LogP contribution < -0.4 is 0 Å². The number of rotatable bonds is 7. The van der Waals surface area contributed by atoms with Crippen LogP contribution in [0.4, 0.5) is 28.4 Å². The first-order valence-corrected chi connectivity index (χ1v) is 13.8. The van der Waals surface area contributed by atoms with Gasteiger partial charge < -0.3 is 14.4 Å². The van der Waals surface area contributed by atoms with Crippen molar-refractivity contribution in [3.8, 4) is 6.07 Å². The summed E-state index contributed by atoms with van der Waals surface area (Å²) in [7, 11) is 2.75. The number of ether oxygens (including phenoxy) is 2.